The Hall–Kier alpha value is -0.790. The van der Waals surface area contributed by atoms with Gasteiger partial charge in [0, 0.05) is 45.1 Å². The molecule has 0 saturated heterocycles. The summed E-state index contributed by atoms with van der Waals surface area (Å²) >= 11 is 5.40. The molecule has 0 spiro atoms. The number of hydrogen-bond acceptors (Lipinski definition) is 5. The van der Waals surface area contributed by atoms with E-state index in [0.29, 0.717) is 16.5 Å². The van der Waals surface area contributed by atoms with Crippen LogP contribution in [0.2, 0.25) is 0 Å². The molecule has 0 amide bonds. The second kappa shape index (κ2) is 6.32. The van der Waals surface area contributed by atoms with E-state index in [1.807, 2.05) is 6.07 Å². The van der Waals surface area contributed by atoms with Crippen molar-refractivity contribution in [2.75, 3.05) is 5.32 Å². The minimum atomic E-state index is 0.519. The maximum Gasteiger partial charge on any atom is 0.198 e. The van der Waals surface area contributed by atoms with Crippen molar-refractivity contribution < 1.29 is 0 Å². The van der Waals surface area contributed by atoms with Crippen LogP contribution in [0.3, 0.4) is 0 Å². The second-order valence-corrected chi connectivity index (χ2v) is 6.70. The van der Waals surface area contributed by atoms with Crippen LogP contribution < -0.4 is 5.32 Å². The fraction of sp³-hybridized carbons (Fsp3) is 0.250. The second-order valence-electron chi connectivity index (χ2n) is 4.31. The molecule has 1 aliphatic carbocycles. The monoisotopic (exact) mass is 461 g/mol. The summed E-state index contributed by atoms with van der Waals surface area (Å²) in [6.07, 6.45) is 4.17. The number of aromatic amines is 1. The van der Waals surface area contributed by atoms with Crippen LogP contribution in [0.5, 0.6) is 0 Å². The predicted molar refractivity (Wildman–Crippen MR) is 92.1 cm³/mol. The molecule has 1 aliphatic rings. The Morgan fingerprint density at radius 2 is 2.35 bits per heavy atom. The Labute approximate surface area is 140 Å². The summed E-state index contributed by atoms with van der Waals surface area (Å²) in [5, 5.41) is 13.4. The predicted octanol–water partition coefficient (Wildman–Crippen LogP) is 3.98. The molecule has 2 aromatic rings. The lowest BCUT2D eigenvalue weighted by Gasteiger charge is -2.04. The number of H-pyrrole nitrogens is 1. The topological polar surface area (TPSA) is 66.5 Å². The Morgan fingerprint density at radius 1 is 1.50 bits per heavy atom. The molecule has 0 radical (unpaired) electrons. The van der Waals surface area contributed by atoms with Gasteiger partial charge in [-0.3, -0.25) is 5.10 Å². The summed E-state index contributed by atoms with van der Waals surface area (Å²) in [6, 6.07) is 2.03. The van der Waals surface area contributed by atoms with Crippen LogP contribution in [-0.2, 0) is 0 Å². The number of nitrogens with one attached hydrogen (secondary N) is 2. The number of aromatic nitrogens is 4. The van der Waals surface area contributed by atoms with Gasteiger partial charge in [-0.05, 0) is 48.9 Å². The van der Waals surface area contributed by atoms with Gasteiger partial charge in [-0.1, -0.05) is 0 Å². The van der Waals surface area contributed by atoms with E-state index in [1.54, 1.807) is 6.20 Å². The summed E-state index contributed by atoms with van der Waals surface area (Å²) in [7, 11) is 1.42. The van der Waals surface area contributed by atoms with Crippen LogP contribution in [-0.4, -0.2) is 20.2 Å². The normalized spacial score (nSPS) is 13.7. The van der Waals surface area contributed by atoms with E-state index in [-0.39, 0.29) is 0 Å². The Bertz CT molecular complexity index is 689. The van der Waals surface area contributed by atoms with E-state index in [1.165, 1.54) is 27.5 Å². The molecule has 2 aromatic heterocycles. The smallest absolute Gasteiger partial charge is 0.198 e. The highest BCUT2D eigenvalue weighted by Gasteiger charge is 2.25. The van der Waals surface area contributed by atoms with Gasteiger partial charge in [-0.25, -0.2) is 9.97 Å². The third kappa shape index (κ3) is 3.45. The van der Waals surface area contributed by atoms with E-state index in [4.69, 9.17) is 0 Å². The lowest BCUT2D eigenvalue weighted by atomic mass is 10.3. The molecule has 2 N–H and O–H groups in total. The van der Waals surface area contributed by atoms with Gasteiger partial charge >= 0.3 is 0 Å². The number of hydrogen-bond donors (Lipinski definition) is 2. The van der Waals surface area contributed by atoms with Gasteiger partial charge in [-0.15, -0.1) is 0 Å². The maximum atomic E-state index is 4.32. The van der Waals surface area contributed by atoms with Crippen LogP contribution in [0, 0.1) is 11.2 Å². The molecule has 0 atom stereocenters. The van der Waals surface area contributed by atoms with E-state index >= 15 is 0 Å². The molecule has 20 heavy (non-hydrogen) atoms. The summed E-state index contributed by atoms with van der Waals surface area (Å²) in [6.45, 7) is 0. The van der Waals surface area contributed by atoms with Crippen LogP contribution in [0.1, 0.15) is 30.0 Å². The van der Waals surface area contributed by atoms with E-state index < -0.39 is 0 Å². The standard InChI is InChI=1S/C12H9BrIN5S/c13-12-15-6-8(3-4-20-14)11(17-12)16-10-5-9(18-19-10)7-1-2-7/h5-7H,1-2H2,(H2,15,16,17,18,19). The van der Waals surface area contributed by atoms with Gasteiger partial charge < -0.3 is 5.32 Å². The summed E-state index contributed by atoms with van der Waals surface area (Å²) < 4.78 is 0.519. The van der Waals surface area contributed by atoms with E-state index in [9.17, 15) is 0 Å². The molecule has 2 heterocycles. The van der Waals surface area contributed by atoms with Crippen molar-refractivity contribution in [3.63, 3.8) is 0 Å². The first-order valence-electron chi connectivity index (χ1n) is 5.89. The number of halogens is 2. The molecule has 0 unspecified atom stereocenters. The summed E-state index contributed by atoms with van der Waals surface area (Å²) in [5.41, 5.74) is 1.92. The molecule has 1 fully saturated rings. The Kier molecular flexibility index (Phi) is 4.48. The maximum absolute atomic E-state index is 4.32. The lowest BCUT2D eigenvalue weighted by Crippen LogP contribution is -1.99. The molecule has 3 rings (SSSR count). The van der Waals surface area contributed by atoms with Crippen molar-refractivity contribution >= 4 is 57.7 Å². The van der Waals surface area contributed by atoms with Gasteiger partial charge in [0.05, 0.1) is 5.56 Å². The van der Waals surface area contributed by atoms with Gasteiger partial charge in [-0.2, -0.15) is 5.10 Å². The largest absolute Gasteiger partial charge is 0.322 e. The van der Waals surface area contributed by atoms with Gasteiger partial charge in [0.2, 0.25) is 0 Å². The first-order valence-corrected chi connectivity index (χ1v) is 10.0. The number of anilines is 2. The SMILES string of the molecule is Brc1ncc(C#CSI)c(Nc2cc(C3CC3)[nH]n2)n1. The van der Waals surface area contributed by atoms with Crippen molar-refractivity contribution in [1.82, 2.24) is 20.2 Å². The molecule has 0 aromatic carbocycles. The molecule has 0 bridgehead atoms. The molecule has 8 heteroatoms. The number of nitrogens with zero attached hydrogens (tertiary/aromatic N) is 3. The fourth-order valence-electron chi connectivity index (χ4n) is 1.75. The van der Waals surface area contributed by atoms with Crippen molar-refractivity contribution in [3.8, 4) is 11.2 Å². The van der Waals surface area contributed by atoms with Crippen molar-refractivity contribution in [2.45, 2.75) is 18.8 Å². The zero-order chi connectivity index (χ0) is 13.9. The lowest BCUT2D eigenvalue weighted by molar-refractivity contribution is 0.966. The molecule has 5 nitrogen and oxygen atoms in total. The van der Waals surface area contributed by atoms with Crippen LogP contribution in [0.4, 0.5) is 11.6 Å². The highest BCUT2D eigenvalue weighted by atomic mass is 127. The zero-order valence-electron chi connectivity index (χ0n) is 10.2. The molecular weight excluding hydrogens is 453 g/mol. The van der Waals surface area contributed by atoms with Crippen LogP contribution in [0.25, 0.3) is 0 Å². The molecule has 102 valence electrons. The van der Waals surface area contributed by atoms with Crippen molar-refractivity contribution in [1.29, 1.82) is 0 Å². The molecular formula is C12H9BrIN5S. The quantitative estimate of drug-likeness (QED) is 0.411. The van der Waals surface area contributed by atoms with Gasteiger partial charge in [0.1, 0.15) is 0 Å². The fourth-order valence-corrected chi connectivity index (χ4v) is 2.51. The van der Waals surface area contributed by atoms with Gasteiger partial charge in [0.25, 0.3) is 0 Å². The Morgan fingerprint density at radius 3 is 3.10 bits per heavy atom. The van der Waals surface area contributed by atoms with E-state index in [0.717, 1.165) is 11.4 Å². The summed E-state index contributed by atoms with van der Waals surface area (Å²) in [4.78, 5) is 8.42. The van der Waals surface area contributed by atoms with Crippen LogP contribution in [0.15, 0.2) is 17.0 Å². The van der Waals surface area contributed by atoms with Crippen molar-refractivity contribution in [3.05, 3.63) is 28.3 Å². The minimum Gasteiger partial charge on any atom is -0.322 e. The molecule has 1 saturated carbocycles. The third-order valence-electron chi connectivity index (χ3n) is 2.84. The van der Waals surface area contributed by atoms with Crippen molar-refractivity contribution in [2.24, 2.45) is 0 Å². The zero-order valence-corrected chi connectivity index (χ0v) is 14.7. The average Bonchev–Trinajstić information content (AvgIpc) is 3.19. The average molecular weight is 462 g/mol. The van der Waals surface area contributed by atoms with Crippen LogP contribution >= 0.6 is 46.1 Å². The highest BCUT2D eigenvalue weighted by molar-refractivity contribution is 14.2. The first kappa shape index (κ1) is 14.2. The minimum absolute atomic E-state index is 0.519. The van der Waals surface area contributed by atoms with Gasteiger partial charge in [0.15, 0.2) is 16.4 Å². The summed E-state index contributed by atoms with van der Waals surface area (Å²) in [5.74, 6) is 5.06. The third-order valence-corrected chi connectivity index (χ3v) is 4.07. The Balaban J connectivity index is 1.85. The first-order chi connectivity index (χ1) is 9.76. The number of rotatable bonds is 3. The molecule has 0 aliphatic heterocycles. The highest BCUT2D eigenvalue weighted by Crippen LogP contribution is 2.39. The van der Waals surface area contributed by atoms with E-state index in [2.05, 4.69) is 73.8 Å².